The minimum atomic E-state index is 0.629. The Morgan fingerprint density at radius 2 is 1.81 bits per heavy atom. The number of likely N-dealkylation sites (N-methyl/N-ethyl adjacent to an activating group) is 1. The van der Waals surface area contributed by atoms with Crippen molar-refractivity contribution in [3.05, 3.63) is 59.7 Å². The van der Waals surface area contributed by atoms with Crippen molar-refractivity contribution in [1.82, 2.24) is 19.6 Å². The summed E-state index contributed by atoms with van der Waals surface area (Å²) in [4.78, 5) is 7.46. The first kappa shape index (κ1) is 21.1. The van der Waals surface area contributed by atoms with Crippen molar-refractivity contribution >= 4 is 5.82 Å². The Balaban J connectivity index is 1.51. The summed E-state index contributed by atoms with van der Waals surface area (Å²) in [6.07, 6.45) is 4.29. The SMILES string of the molecule is COc1ccc(-n2nc(C)c(CN(Cc3ccco3)C3CC3)c2N2CCN(C)CC2)cc1. The number of aryl methyl sites for hydroxylation is 1. The fourth-order valence-electron chi connectivity index (χ4n) is 4.54. The highest BCUT2D eigenvalue weighted by molar-refractivity contribution is 5.56. The van der Waals surface area contributed by atoms with E-state index >= 15 is 0 Å². The summed E-state index contributed by atoms with van der Waals surface area (Å²) in [6.45, 7) is 8.00. The fourth-order valence-corrected chi connectivity index (χ4v) is 4.54. The molecule has 0 bridgehead atoms. The van der Waals surface area contributed by atoms with Crippen LogP contribution in [-0.4, -0.2) is 66.0 Å². The Bertz CT molecular complexity index is 1020. The van der Waals surface area contributed by atoms with Gasteiger partial charge in [-0.05, 0) is 63.2 Å². The van der Waals surface area contributed by atoms with Crippen LogP contribution in [0, 0.1) is 6.92 Å². The van der Waals surface area contributed by atoms with Gasteiger partial charge in [0.15, 0.2) is 0 Å². The van der Waals surface area contributed by atoms with Crippen LogP contribution in [-0.2, 0) is 13.1 Å². The van der Waals surface area contributed by atoms with Gasteiger partial charge in [-0.25, -0.2) is 4.68 Å². The highest BCUT2D eigenvalue weighted by atomic mass is 16.5. The average Bonchev–Trinajstić information content (AvgIpc) is 3.44. The van der Waals surface area contributed by atoms with Crippen LogP contribution in [0.2, 0.25) is 0 Å². The second kappa shape index (κ2) is 9.00. The maximum atomic E-state index is 5.67. The number of furan rings is 1. The van der Waals surface area contributed by atoms with Gasteiger partial charge in [0, 0.05) is 44.3 Å². The van der Waals surface area contributed by atoms with E-state index in [2.05, 4.69) is 51.6 Å². The summed E-state index contributed by atoms with van der Waals surface area (Å²) in [6, 6.07) is 12.9. The molecule has 0 amide bonds. The number of rotatable bonds is 8. The summed E-state index contributed by atoms with van der Waals surface area (Å²) in [5.41, 5.74) is 3.49. The Morgan fingerprint density at radius 3 is 2.44 bits per heavy atom. The third-order valence-corrected chi connectivity index (χ3v) is 6.64. The molecule has 1 aliphatic carbocycles. The minimum absolute atomic E-state index is 0.629. The molecule has 0 radical (unpaired) electrons. The minimum Gasteiger partial charge on any atom is -0.497 e. The van der Waals surface area contributed by atoms with E-state index in [4.69, 9.17) is 14.3 Å². The van der Waals surface area contributed by atoms with E-state index in [0.717, 1.165) is 62.2 Å². The van der Waals surface area contributed by atoms with Crippen LogP contribution < -0.4 is 9.64 Å². The number of piperazine rings is 1. The molecule has 0 atom stereocenters. The second-order valence-corrected chi connectivity index (χ2v) is 9.00. The number of hydrogen-bond acceptors (Lipinski definition) is 6. The van der Waals surface area contributed by atoms with E-state index in [0.29, 0.717) is 6.04 Å². The van der Waals surface area contributed by atoms with Gasteiger partial charge in [0.05, 0.1) is 31.3 Å². The molecule has 7 nitrogen and oxygen atoms in total. The maximum absolute atomic E-state index is 5.67. The van der Waals surface area contributed by atoms with Crippen molar-refractivity contribution in [2.45, 2.75) is 38.9 Å². The maximum Gasteiger partial charge on any atom is 0.137 e. The molecule has 0 spiro atoms. The number of methoxy groups -OCH3 is 1. The smallest absolute Gasteiger partial charge is 0.137 e. The monoisotopic (exact) mass is 435 g/mol. The van der Waals surface area contributed by atoms with Gasteiger partial charge in [-0.3, -0.25) is 4.90 Å². The van der Waals surface area contributed by atoms with E-state index in [9.17, 15) is 0 Å². The molecule has 2 aliphatic rings. The molecule has 7 heteroatoms. The zero-order valence-electron chi connectivity index (χ0n) is 19.3. The summed E-state index contributed by atoms with van der Waals surface area (Å²) in [5.74, 6) is 3.11. The van der Waals surface area contributed by atoms with Gasteiger partial charge >= 0.3 is 0 Å². The largest absolute Gasteiger partial charge is 0.497 e. The van der Waals surface area contributed by atoms with E-state index < -0.39 is 0 Å². The molecule has 1 saturated carbocycles. The number of hydrogen-bond donors (Lipinski definition) is 0. The van der Waals surface area contributed by atoms with Crippen molar-refractivity contribution in [2.75, 3.05) is 45.2 Å². The predicted molar refractivity (Wildman–Crippen MR) is 126 cm³/mol. The van der Waals surface area contributed by atoms with E-state index in [1.54, 1.807) is 13.4 Å². The summed E-state index contributed by atoms with van der Waals surface area (Å²) in [7, 11) is 3.90. The first-order chi connectivity index (χ1) is 15.6. The van der Waals surface area contributed by atoms with Crippen molar-refractivity contribution < 1.29 is 9.15 Å². The Kier molecular flexibility index (Phi) is 5.93. The van der Waals surface area contributed by atoms with Gasteiger partial charge in [0.1, 0.15) is 17.3 Å². The van der Waals surface area contributed by atoms with Crippen molar-refractivity contribution in [1.29, 1.82) is 0 Å². The van der Waals surface area contributed by atoms with Gasteiger partial charge in [-0.2, -0.15) is 5.10 Å². The van der Waals surface area contributed by atoms with E-state index in [-0.39, 0.29) is 0 Å². The molecule has 32 heavy (non-hydrogen) atoms. The van der Waals surface area contributed by atoms with Crippen LogP contribution in [0.5, 0.6) is 5.75 Å². The Labute approximate surface area is 190 Å². The molecular formula is C25H33N5O2. The number of benzene rings is 1. The van der Waals surface area contributed by atoms with Crippen LogP contribution in [0.1, 0.15) is 29.9 Å². The van der Waals surface area contributed by atoms with Crippen LogP contribution >= 0.6 is 0 Å². The molecule has 2 aromatic heterocycles. The predicted octanol–water partition coefficient (Wildman–Crippen LogP) is 3.70. The molecule has 3 heterocycles. The van der Waals surface area contributed by atoms with E-state index in [1.165, 1.54) is 24.2 Å². The lowest BCUT2D eigenvalue weighted by atomic mass is 10.1. The van der Waals surface area contributed by atoms with Crippen LogP contribution in [0.3, 0.4) is 0 Å². The van der Waals surface area contributed by atoms with Crippen LogP contribution in [0.4, 0.5) is 5.82 Å². The van der Waals surface area contributed by atoms with Gasteiger partial charge in [0.25, 0.3) is 0 Å². The number of ether oxygens (including phenoxy) is 1. The lowest BCUT2D eigenvalue weighted by Crippen LogP contribution is -2.45. The lowest BCUT2D eigenvalue weighted by Gasteiger charge is -2.35. The third kappa shape index (κ3) is 4.40. The third-order valence-electron chi connectivity index (χ3n) is 6.64. The average molecular weight is 436 g/mol. The number of nitrogens with zero attached hydrogens (tertiary/aromatic N) is 5. The number of aromatic nitrogens is 2. The molecule has 1 aromatic carbocycles. The fraction of sp³-hybridized carbons (Fsp3) is 0.480. The summed E-state index contributed by atoms with van der Waals surface area (Å²) in [5, 5.41) is 5.03. The van der Waals surface area contributed by atoms with Crippen molar-refractivity contribution in [2.24, 2.45) is 0 Å². The first-order valence-electron chi connectivity index (χ1n) is 11.5. The molecule has 3 aromatic rings. The summed E-state index contributed by atoms with van der Waals surface area (Å²) < 4.78 is 13.2. The van der Waals surface area contributed by atoms with Crippen LogP contribution in [0.15, 0.2) is 47.1 Å². The highest BCUT2D eigenvalue weighted by Gasteiger charge is 2.33. The molecule has 5 rings (SSSR count). The van der Waals surface area contributed by atoms with Gasteiger partial charge in [-0.1, -0.05) is 0 Å². The number of anilines is 1. The van der Waals surface area contributed by atoms with Crippen LogP contribution in [0.25, 0.3) is 5.69 Å². The molecule has 0 unspecified atom stereocenters. The highest BCUT2D eigenvalue weighted by Crippen LogP contribution is 2.35. The summed E-state index contributed by atoms with van der Waals surface area (Å²) >= 11 is 0. The second-order valence-electron chi connectivity index (χ2n) is 9.00. The van der Waals surface area contributed by atoms with Gasteiger partial charge < -0.3 is 19.0 Å². The molecule has 1 saturated heterocycles. The quantitative estimate of drug-likeness (QED) is 0.538. The Hall–Kier alpha value is -2.77. The zero-order chi connectivity index (χ0) is 22.1. The lowest BCUT2D eigenvalue weighted by molar-refractivity contribution is 0.224. The molecule has 1 aliphatic heterocycles. The molecular weight excluding hydrogens is 402 g/mol. The van der Waals surface area contributed by atoms with Gasteiger partial charge in [-0.15, -0.1) is 0 Å². The molecule has 170 valence electrons. The van der Waals surface area contributed by atoms with Crippen molar-refractivity contribution in [3.63, 3.8) is 0 Å². The first-order valence-corrected chi connectivity index (χ1v) is 11.5. The zero-order valence-corrected chi connectivity index (χ0v) is 19.3. The van der Waals surface area contributed by atoms with Crippen molar-refractivity contribution in [3.8, 4) is 11.4 Å². The Morgan fingerprint density at radius 1 is 1.06 bits per heavy atom. The molecule has 2 fully saturated rings. The van der Waals surface area contributed by atoms with Gasteiger partial charge in [0.2, 0.25) is 0 Å². The molecule has 0 N–H and O–H groups in total. The topological polar surface area (TPSA) is 49.9 Å². The van der Waals surface area contributed by atoms with E-state index in [1.807, 2.05) is 18.2 Å². The standard InChI is InChI=1S/C25H33N5O2/c1-19-24(18-29(20-6-7-20)17-23-5-4-16-32-23)25(28-14-12-27(2)13-15-28)30(26-19)21-8-10-22(31-3)11-9-21/h4-5,8-11,16,20H,6-7,12-15,17-18H2,1-3H3. The normalized spacial score (nSPS) is 17.3.